The van der Waals surface area contributed by atoms with Gasteiger partial charge in [-0.25, -0.2) is 0 Å². The largest absolute Gasteiger partial charge is 0.379 e. The van der Waals surface area contributed by atoms with Gasteiger partial charge in [0.15, 0.2) is 5.78 Å². The maximum Gasteiger partial charge on any atom is 0.220 e. The van der Waals surface area contributed by atoms with Gasteiger partial charge in [-0.2, -0.15) is 0 Å². The highest BCUT2D eigenvalue weighted by atomic mass is 16.5. The molecule has 4 nitrogen and oxygen atoms in total. The molecular formula is C15H19NO3. The van der Waals surface area contributed by atoms with E-state index in [1.54, 1.807) is 12.1 Å². The lowest BCUT2D eigenvalue weighted by molar-refractivity contribution is -0.121. The van der Waals surface area contributed by atoms with Crippen LogP contribution in [0.25, 0.3) is 0 Å². The highest BCUT2D eigenvalue weighted by Crippen LogP contribution is 2.08. The van der Waals surface area contributed by atoms with E-state index in [1.165, 1.54) is 0 Å². The Bertz CT molecular complexity index is 424. The molecule has 0 spiro atoms. The summed E-state index contributed by atoms with van der Waals surface area (Å²) in [5.41, 5.74) is 0.715. The van der Waals surface area contributed by atoms with Gasteiger partial charge < -0.3 is 10.1 Å². The van der Waals surface area contributed by atoms with Crippen LogP contribution in [-0.2, 0) is 9.53 Å². The first kappa shape index (κ1) is 13.7. The fraction of sp³-hybridized carbons (Fsp3) is 0.467. The van der Waals surface area contributed by atoms with Gasteiger partial charge in [0.1, 0.15) is 0 Å². The minimum Gasteiger partial charge on any atom is -0.379 e. The quantitative estimate of drug-likeness (QED) is 0.796. The summed E-state index contributed by atoms with van der Waals surface area (Å²) in [6, 6.07) is 9.34. The van der Waals surface area contributed by atoms with Gasteiger partial charge in [0.25, 0.3) is 0 Å². The van der Waals surface area contributed by atoms with Gasteiger partial charge in [-0.1, -0.05) is 30.3 Å². The zero-order valence-electron chi connectivity index (χ0n) is 10.9. The van der Waals surface area contributed by atoms with Crippen LogP contribution in [-0.4, -0.2) is 30.9 Å². The molecule has 1 fully saturated rings. The van der Waals surface area contributed by atoms with Gasteiger partial charge in [0.2, 0.25) is 5.91 Å². The van der Waals surface area contributed by atoms with Crippen molar-refractivity contribution in [1.29, 1.82) is 0 Å². The third-order valence-corrected chi connectivity index (χ3v) is 3.20. The normalized spacial score (nSPS) is 18.2. The van der Waals surface area contributed by atoms with Gasteiger partial charge >= 0.3 is 0 Å². The minimum absolute atomic E-state index is 0.0105. The summed E-state index contributed by atoms with van der Waals surface area (Å²) < 4.78 is 5.19. The number of Topliss-reactive ketones (excluding diaryl/α,β-unsaturated/α-hetero) is 1. The molecule has 19 heavy (non-hydrogen) atoms. The van der Waals surface area contributed by atoms with E-state index >= 15 is 0 Å². The molecule has 1 atom stereocenters. The third-order valence-electron chi connectivity index (χ3n) is 3.20. The number of hydrogen-bond donors (Lipinski definition) is 1. The monoisotopic (exact) mass is 261 g/mol. The number of hydrogen-bond acceptors (Lipinski definition) is 3. The first-order chi connectivity index (χ1) is 9.25. The molecule has 1 amide bonds. The molecule has 0 saturated carbocycles. The number of carbonyl (C=O) groups excluding carboxylic acids is 2. The second-order valence-corrected chi connectivity index (χ2v) is 4.77. The SMILES string of the molecule is O=C(CCCC(=O)c1ccccc1)NC1CCOC1. The molecule has 2 rings (SSSR count). The minimum atomic E-state index is 0.0105. The molecule has 1 unspecified atom stereocenters. The Morgan fingerprint density at radius 3 is 2.68 bits per heavy atom. The third kappa shape index (κ3) is 4.48. The van der Waals surface area contributed by atoms with Crippen LogP contribution in [0.5, 0.6) is 0 Å². The van der Waals surface area contributed by atoms with Crippen LogP contribution in [0.2, 0.25) is 0 Å². The van der Waals surface area contributed by atoms with E-state index in [4.69, 9.17) is 4.74 Å². The summed E-state index contributed by atoms with van der Waals surface area (Å²) in [5, 5.41) is 2.92. The predicted octanol–water partition coefficient (Wildman–Crippen LogP) is 1.94. The molecule has 1 heterocycles. The van der Waals surface area contributed by atoms with Gasteiger partial charge in [0, 0.05) is 25.0 Å². The van der Waals surface area contributed by atoms with Gasteiger partial charge in [0.05, 0.1) is 12.6 Å². The van der Waals surface area contributed by atoms with Crippen LogP contribution in [0, 0.1) is 0 Å². The molecule has 0 aliphatic carbocycles. The number of ketones is 1. The summed E-state index contributed by atoms with van der Waals surface area (Å²) in [6.45, 7) is 1.33. The average Bonchev–Trinajstić information content (AvgIpc) is 2.92. The predicted molar refractivity (Wildman–Crippen MR) is 72.0 cm³/mol. The first-order valence-corrected chi connectivity index (χ1v) is 6.71. The van der Waals surface area contributed by atoms with E-state index in [9.17, 15) is 9.59 Å². The Balaban J connectivity index is 1.65. The number of carbonyl (C=O) groups is 2. The molecule has 0 radical (unpaired) electrons. The van der Waals surface area contributed by atoms with Crippen molar-refractivity contribution in [3.05, 3.63) is 35.9 Å². The van der Waals surface area contributed by atoms with E-state index in [2.05, 4.69) is 5.32 Å². The maximum absolute atomic E-state index is 11.8. The smallest absolute Gasteiger partial charge is 0.220 e. The lowest BCUT2D eigenvalue weighted by atomic mass is 10.1. The zero-order valence-corrected chi connectivity index (χ0v) is 10.9. The molecule has 1 aliphatic rings. The summed E-state index contributed by atoms with van der Waals surface area (Å²) in [5.74, 6) is 0.106. The summed E-state index contributed by atoms with van der Waals surface area (Å²) in [6.07, 6.45) is 2.29. The summed E-state index contributed by atoms with van der Waals surface area (Å²) >= 11 is 0. The molecule has 0 aromatic heterocycles. The second-order valence-electron chi connectivity index (χ2n) is 4.77. The molecule has 102 valence electrons. The lowest BCUT2D eigenvalue weighted by Crippen LogP contribution is -2.34. The van der Waals surface area contributed by atoms with Crippen molar-refractivity contribution in [3.63, 3.8) is 0 Å². The molecule has 0 bridgehead atoms. The van der Waals surface area contributed by atoms with Crippen LogP contribution < -0.4 is 5.32 Å². The Morgan fingerprint density at radius 2 is 2.00 bits per heavy atom. The highest BCUT2D eigenvalue weighted by molar-refractivity contribution is 5.96. The number of amides is 1. The van der Waals surface area contributed by atoms with Crippen molar-refractivity contribution >= 4 is 11.7 Å². The van der Waals surface area contributed by atoms with E-state index in [0.717, 1.165) is 13.0 Å². The summed E-state index contributed by atoms with van der Waals surface area (Å²) in [4.78, 5) is 23.5. The summed E-state index contributed by atoms with van der Waals surface area (Å²) in [7, 11) is 0. The van der Waals surface area contributed by atoms with Crippen LogP contribution in [0.1, 0.15) is 36.0 Å². The zero-order chi connectivity index (χ0) is 13.5. The molecule has 4 heteroatoms. The molecule has 1 aliphatic heterocycles. The van der Waals surface area contributed by atoms with E-state index < -0.39 is 0 Å². The second kappa shape index (κ2) is 7.04. The van der Waals surface area contributed by atoms with Crippen molar-refractivity contribution in [1.82, 2.24) is 5.32 Å². The van der Waals surface area contributed by atoms with Crippen LogP contribution in [0.4, 0.5) is 0 Å². The van der Waals surface area contributed by atoms with Crippen LogP contribution >= 0.6 is 0 Å². The lowest BCUT2D eigenvalue weighted by Gasteiger charge is -2.10. The maximum atomic E-state index is 11.8. The van der Waals surface area contributed by atoms with Crippen molar-refractivity contribution < 1.29 is 14.3 Å². The Hall–Kier alpha value is -1.68. The molecule has 1 aromatic carbocycles. The van der Waals surface area contributed by atoms with Gasteiger partial charge in [-0.3, -0.25) is 9.59 Å². The number of nitrogens with one attached hydrogen (secondary N) is 1. The molecule has 1 aromatic rings. The Labute approximate surface area is 113 Å². The first-order valence-electron chi connectivity index (χ1n) is 6.71. The highest BCUT2D eigenvalue weighted by Gasteiger charge is 2.17. The fourth-order valence-electron chi connectivity index (χ4n) is 2.13. The van der Waals surface area contributed by atoms with E-state index in [-0.39, 0.29) is 17.7 Å². The van der Waals surface area contributed by atoms with Crippen molar-refractivity contribution in [2.24, 2.45) is 0 Å². The van der Waals surface area contributed by atoms with Crippen LogP contribution in [0.15, 0.2) is 30.3 Å². The fourth-order valence-corrected chi connectivity index (χ4v) is 2.13. The number of rotatable bonds is 6. The van der Waals surface area contributed by atoms with Gasteiger partial charge in [-0.15, -0.1) is 0 Å². The number of benzene rings is 1. The van der Waals surface area contributed by atoms with Crippen molar-refractivity contribution in [2.75, 3.05) is 13.2 Å². The molecule has 1 saturated heterocycles. The average molecular weight is 261 g/mol. The topological polar surface area (TPSA) is 55.4 Å². The van der Waals surface area contributed by atoms with Crippen LogP contribution in [0.3, 0.4) is 0 Å². The van der Waals surface area contributed by atoms with Crippen molar-refractivity contribution in [3.8, 4) is 0 Å². The number of ether oxygens (including phenoxy) is 1. The van der Waals surface area contributed by atoms with Gasteiger partial charge in [-0.05, 0) is 12.8 Å². The van der Waals surface area contributed by atoms with E-state index in [1.807, 2.05) is 18.2 Å². The Morgan fingerprint density at radius 1 is 1.21 bits per heavy atom. The molecule has 1 N–H and O–H groups in total. The standard InChI is InChI=1S/C15H19NO3/c17-14(12-5-2-1-3-6-12)7-4-8-15(18)16-13-9-10-19-11-13/h1-3,5-6,13H,4,7-11H2,(H,16,18). The molecular weight excluding hydrogens is 242 g/mol. The van der Waals surface area contributed by atoms with Crippen molar-refractivity contribution in [2.45, 2.75) is 31.7 Å². The van der Waals surface area contributed by atoms with E-state index in [0.29, 0.717) is 31.4 Å². The Kier molecular flexibility index (Phi) is 5.10.